The molecular weight excluding hydrogens is 232 g/mol. The van der Waals surface area contributed by atoms with Crippen LogP contribution in [0.1, 0.15) is 0 Å². The summed E-state index contributed by atoms with van der Waals surface area (Å²) >= 11 is 5.88. The number of rotatable bonds is 1. The predicted octanol–water partition coefficient (Wildman–Crippen LogP) is 3.95. The number of para-hydroxylation sites is 1. The highest BCUT2D eigenvalue weighted by Gasteiger charge is 2.05. The van der Waals surface area contributed by atoms with E-state index in [1.165, 1.54) is 0 Å². The van der Waals surface area contributed by atoms with E-state index in [4.69, 9.17) is 11.6 Å². The van der Waals surface area contributed by atoms with Gasteiger partial charge in [-0.15, -0.1) is 0 Å². The van der Waals surface area contributed by atoms with E-state index in [0.717, 1.165) is 27.2 Å². The quantitative estimate of drug-likeness (QED) is 0.644. The molecule has 0 bridgehead atoms. The van der Waals surface area contributed by atoms with Crippen molar-refractivity contribution in [3.63, 3.8) is 0 Å². The molecule has 1 heterocycles. The van der Waals surface area contributed by atoms with Gasteiger partial charge in [0, 0.05) is 16.0 Å². The Balaban J connectivity index is 2.27. The minimum absolute atomic E-state index is 0.729. The Morgan fingerprint density at radius 2 is 1.59 bits per heavy atom. The van der Waals surface area contributed by atoms with E-state index < -0.39 is 0 Å². The Morgan fingerprint density at radius 1 is 0.824 bits per heavy atom. The SMILES string of the molecule is Clc1ccc(-c2ncnc3ccccc23)cc1. The van der Waals surface area contributed by atoms with Crippen LogP contribution in [0.2, 0.25) is 5.02 Å². The van der Waals surface area contributed by atoms with Gasteiger partial charge in [0.1, 0.15) is 6.33 Å². The fourth-order valence-corrected chi connectivity index (χ4v) is 1.97. The molecule has 0 amide bonds. The van der Waals surface area contributed by atoms with Crippen molar-refractivity contribution in [2.45, 2.75) is 0 Å². The zero-order chi connectivity index (χ0) is 11.7. The van der Waals surface area contributed by atoms with Crippen LogP contribution in [-0.2, 0) is 0 Å². The van der Waals surface area contributed by atoms with Crippen molar-refractivity contribution < 1.29 is 0 Å². The molecule has 1 aromatic heterocycles. The Morgan fingerprint density at radius 3 is 2.41 bits per heavy atom. The molecule has 3 rings (SSSR count). The van der Waals surface area contributed by atoms with Gasteiger partial charge in [-0.2, -0.15) is 0 Å². The molecule has 0 unspecified atom stereocenters. The van der Waals surface area contributed by atoms with Crippen LogP contribution in [0.5, 0.6) is 0 Å². The first-order valence-corrected chi connectivity index (χ1v) is 5.68. The zero-order valence-corrected chi connectivity index (χ0v) is 9.72. The highest BCUT2D eigenvalue weighted by molar-refractivity contribution is 6.30. The minimum atomic E-state index is 0.729. The van der Waals surface area contributed by atoms with Crippen molar-refractivity contribution in [1.82, 2.24) is 9.97 Å². The lowest BCUT2D eigenvalue weighted by atomic mass is 10.1. The van der Waals surface area contributed by atoms with Crippen LogP contribution >= 0.6 is 11.6 Å². The number of nitrogens with zero attached hydrogens (tertiary/aromatic N) is 2. The van der Waals surface area contributed by atoms with Gasteiger partial charge in [0.05, 0.1) is 11.2 Å². The number of hydrogen-bond acceptors (Lipinski definition) is 2. The van der Waals surface area contributed by atoms with E-state index in [0.29, 0.717) is 0 Å². The molecule has 17 heavy (non-hydrogen) atoms. The second-order valence-corrected chi connectivity index (χ2v) is 4.18. The number of hydrogen-bond donors (Lipinski definition) is 0. The molecule has 0 saturated carbocycles. The lowest BCUT2D eigenvalue weighted by molar-refractivity contribution is 1.22. The maximum atomic E-state index is 5.88. The molecule has 0 atom stereocenters. The minimum Gasteiger partial charge on any atom is -0.236 e. The molecule has 82 valence electrons. The van der Waals surface area contributed by atoms with Gasteiger partial charge in [-0.05, 0) is 18.2 Å². The first kappa shape index (κ1) is 10.2. The lowest BCUT2D eigenvalue weighted by Gasteiger charge is -2.04. The molecule has 3 heteroatoms. The molecule has 0 aliphatic rings. The molecule has 0 radical (unpaired) electrons. The standard InChI is InChI=1S/C14H9ClN2/c15-11-7-5-10(6-8-11)14-12-3-1-2-4-13(12)16-9-17-14/h1-9H. The largest absolute Gasteiger partial charge is 0.236 e. The van der Waals surface area contributed by atoms with Gasteiger partial charge in [0.2, 0.25) is 0 Å². The van der Waals surface area contributed by atoms with Crippen molar-refractivity contribution in [3.05, 3.63) is 59.9 Å². The van der Waals surface area contributed by atoms with Gasteiger partial charge in [0.25, 0.3) is 0 Å². The van der Waals surface area contributed by atoms with Crippen LogP contribution in [0.4, 0.5) is 0 Å². The molecule has 0 fully saturated rings. The molecule has 0 spiro atoms. The van der Waals surface area contributed by atoms with E-state index in [2.05, 4.69) is 9.97 Å². The van der Waals surface area contributed by atoms with E-state index in [-0.39, 0.29) is 0 Å². The van der Waals surface area contributed by atoms with Crippen molar-refractivity contribution in [2.24, 2.45) is 0 Å². The van der Waals surface area contributed by atoms with Crippen molar-refractivity contribution in [1.29, 1.82) is 0 Å². The van der Waals surface area contributed by atoms with Crippen molar-refractivity contribution >= 4 is 22.5 Å². The van der Waals surface area contributed by atoms with E-state index >= 15 is 0 Å². The average molecular weight is 241 g/mol. The van der Waals surface area contributed by atoms with Crippen LogP contribution in [0.25, 0.3) is 22.2 Å². The number of aromatic nitrogens is 2. The Labute approximate surface area is 104 Å². The van der Waals surface area contributed by atoms with Gasteiger partial charge in [-0.25, -0.2) is 9.97 Å². The molecule has 0 aliphatic heterocycles. The summed E-state index contributed by atoms with van der Waals surface area (Å²) in [6.45, 7) is 0. The Hall–Kier alpha value is -1.93. The molecule has 0 aliphatic carbocycles. The molecule has 3 aromatic rings. The van der Waals surface area contributed by atoms with Crippen LogP contribution in [0.15, 0.2) is 54.9 Å². The summed E-state index contributed by atoms with van der Waals surface area (Å²) < 4.78 is 0. The zero-order valence-electron chi connectivity index (χ0n) is 8.97. The molecule has 0 N–H and O–H groups in total. The summed E-state index contributed by atoms with van der Waals surface area (Å²) in [6.07, 6.45) is 1.59. The van der Waals surface area contributed by atoms with Crippen LogP contribution in [-0.4, -0.2) is 9.97 Å². The molecule has 2 aromatic carbocycles. The summed E-state index contributed by atoms with van der Waals surface area (Å²) in [7, 11) is 0. The number of halogens is 1. The summed E-state index contributed by atoms with van der Waals surface area (Å²) in [6, 6.07) is 15.7. The first-order valence-electron chi connectivity index (χ1n) is 5.30. The normalized spacial score (nSPS) is 10.6. The first-order chi connectivity index (χ1) is 8.34. The summed E-state index contributed by atoms with van der Waals surface area (Å²) in [5.41, 5.74) is 2.94. The maximum Gasteiger partial charge on any atom is 0.116 e. The summed E-state index contributed by atoms with van der Waals surface area (Å²) in [5.74, 6) is 0. The maximum absolute atomic E-state index is 5.88. The third-order valence-corrected chi connectivity index (χ3v) is 2.91. The highest BCUT2D eigenvalue weighted by atomic mass is 35.5. The third kappa shape index (κ3) is 1.87. The predicted molar refractivity (Wildman–Crippen MR) is 70.0 cm³/mol. The Kier molecular flexibility index (Phi) is 2.50. The van der Waals surface area contributed by atoms with Gasteiger partial charge < -0.3 is 0 Å². The van der Waals surface area contributed by atoms with E-state index in [1.54, 1.807) is 6.33 Å². The van der Waals surface area contributed by atoms with Gasteiger partial charge in [0.15, 0.2) is 0 Å². The van der Waals surface area contributed by atoms with Crippen LogP contribution < -0.4 is 0 Å². The van der Waals surface area contributed by atoms with Gasteiger partial charge >= 0.3 is 0 Å². The number of benzene rings is 2. The van der Waals surface area contributed by atoms with Crippen LogP contribution in [0.3, 0.4) is 0 Å². The van der Waals surface area contributed by atoms with E-state index in [9.17, 15) is 0 Å². The van der Waals surface area contributed by atoms with Crippen molar-refractivity contribution in [2.75, 3.05) is 0 Å². The topological polar surface area (TPSA) is 25.8 Å². The third-order valence-electron chi connectivity index (χ3n) is 2.66. The fourth-order valence-electron chi connectivity index (χ4n) is 1.84. The lowest BCUT2D eigenvalue weighted by Crippen LogP contribution is -1.88. The van der Waals surface area contributed by atoms with Gasteiger partial charge in [-0.1, -0.05) is 41.9 Å². The highest BCUT2D eigenvalue weighted by Crippen LogP contribution is 2.25. The van der Waals surface area contributed by atoms with E-state index in [1.807, 2.05) is 48.5 Å². The summed E-state index contributed by atoms with van der Waals surface area (Å²) in [4.78, 5) is 8.60. The second-order valence-electron chi connectivity index (χ2n) is 3.75. The van der Waals surface area contributed by atoms with Crippen LogP contribution in [0, 0.1) is 0 Å². The smallest absolute Gasteiger partial charge is 0.116 e. The van der Waals surface area contributed by atoms with Gasteiger partial charge in [-0.3, -0.25) is 0 Å². The second kappa shape index (κ2) is 4.15. The molecule has 0 saturated heterocycles. The summed E-state index contributed by atoms with van der Waals surface area (Å²) in [5, 5.41) is 1.78. The molecular formula is C14H9ClN2. The van der Waals surface area contributed by atoms with Crippen molar-refractivity contribution in [3.8, 4) is 11.3 Å². The fraction of sp³-hybridized carbons (Fsp3) is 0. The molecule has 2 nitrogen and oxygen atoms in total. The monoisotopic (exact) mass is 240 g/mol. The number of fused-ring (bicyclic) bond motifs is 1. The average Bonchev–Trinajstić information content (AvgIpc) is 2.39. The Bertz CT molecular complexity index is 657.